The van der Waals surface area contributed by atoms with E-state index in [9.17, 15) is 14.9 Å². The van der Waals surface area contributed by atoms with Crippen LogP contribution in [-0.2, 0) is 0 Å². The normalized spacial score (nSPS) is 10.7. The molecule has 3 rings (SSSR count). The summed E-state index contributed by atoms with van der Waals surface area (Å²) in [6, 6.07) is 10.9. The molecule has 10 heteroatoms. The van der Waals surface area contributed by atoms with Gasteiger partial charge in [-0.2, -0.15) is 10.2 Å². The van der Waals surface area contributed by atoms with E-state index in [1.807, 2.05) is 0 Å². The van der Waals surface area contributed by atoms with Crippen molar-refractivity contribution < 1.29 is 19.2 Å². The summed E-state index contributed by atoms with van der Waals surface area (Å²) >= 11 is 0. The van der Waals surface area contributed by atoms with E-state index in [2.05, 4.69) is 20.7 Å². The molecule has 3 aromatic rings. The van der Waals surface area contributed by atoms with Gasteiger partial charge in [0.2, 0.25) is 0 Å². The number of aromatic nitrogens is 2. The lowest BCUT2D eigenvalue weighted by molar-refractivity contribution is -0.385. The Kier molecular flexibility index (Phi) is 5.83. The van der Waals surface area contributed by atoms with E-state index in [-0.39, 0.29) is 11.3 Å². The van der Waals surface area contributed by atoms with Crippen molar-refractivity contribution in [2.75, 3.05) is 14.2 Å². The molecule has 148 valence electrons. The number of nitro groups is 1. The summed E-state index contributed by atoms with van der Waals surface area (Å²) in [6.45, 7) is 0. The van der Waals surface area contributed by atoms with E-state index in [0.29, 0.717) is 22.8 Å². The minimum atomic E-state index is -0.694. The number of para-hydroxylation sites is 1. The average Bonchev–Trinajstić information content (AvgIpc) is 3.21. The Balaban J connectivity index is 1.82. The number of H-pyrrole nitrogens is 1. The van der Waals surface area contributed by atoms with Crippen molar-refractivity contribution in [1.82, 2.24) is 15.6 Å². The van der Waals surface area contributed by atoms with E-state index in [4.69, 9.17) is 9.47 Å². The quantitative estimate of drug-likeness (QED) is 0.359. The lowest BCUT2D eigenvalue weighted by Gasteiger charge is -2.09. The number of rotatable bonds is 7. The summed E-state index contributed by atoms with van der Waals surface area (Å²) in [5, 5.41) is 21.8. The summed E-state index contributed by atoms with van der Waals surface area (Å²) in [4.78, 5) is 22.7. The topological polar surface area (TPSA) is 132 Å². The molecule has 1 aromatic heterocycles. The Bertz CT molecular complexity index is 1080. The maximum Gasteiger partial charge on any atom is 0.282 e. The molecule has 0 fully saturated rings. The molecule has 2 N–H and O–H groups in total. The van der Waals surface area contributed by atoms with Crippen LogP contribution in [0.15, 0.2) is 53.8 Å². The SMILES string of the molecule is COc1ccc(-c2[nH]ncc2/C=N/NC(=O)c2ccccc2[N+](=O)[O-])c(OC)c1. The highest BCUT2D eigenvalue weighted by molar-refractivity contribution is 5.99. The first-order chi connectivity index (χ1) is 14.0. The molecule has 0 saturated carbocycles. The number of hydrazone groups is 1. The molecular formula is C19H17N5O5. The number of nitrogens with one attached hydrogen (secondary N) is 2. The molecule has 0 aliphatic rings. The van der Waals surface area contributed by atoms with Crippen LogP contribution in [0.4, 0.5) is 5.69 Å². The number of hydrogen-bond donors (Lipinski definition) is 2. The molecule has 1 amide bonds. The first-order valence-corrected chi connectivity index (χ1v) is 8.37. The number of carbonyl (C=O) groups is 1. The molecule has 0 unspecified atom stereocenters. The van der Waals surface area contributed by atoms with Crippen LogP contribution in [0.1, 0.15) is 15.9 Å². The van der Waals surface area contributed by atoms with Gasteiger partial charge >= 0.3 is 0 Å². The largest absolute Gasteiger partial charge is 0.497 e. The van der Waals surface area contributed by atoms with Crippen LogP contribution in [0.25, 0.3) is 11.3 Å². The fourth-order valence-corrected chi connectivity index (χ4v) is 2.66. The number of hydrogen-bond acceptors (Lipinski definition) is 7. The second-order valence-corrected chi connectivity index (χ2v) is 5.74. The zero-order valence-corrected chi connectivity index (χ0v) is 15.6. The first kappa shape index (κ1) is 19.5. The predicted octanol–water partition coefficient (Wildman–Crippen LogP) is 2.77. The van der Waals surface area contributed by atoms with Crippen molar-refractivity contribution in [3.8, 4) is 22.8 Å². The van der Waals surface area contributed by atoms with Gasteiger partial charge in [0, 0.05) is 23.3 Å². The standard InChI is InChI=1S/C19H17N5O5/c1-28-13-7-8-15(17(9-13)29-2)18-12(10-20-22-18)11-21-23-19(25)14-5-3-4-6-16(14)24(26)27/h3-11H,1-2H3,(H,20,22)(H,23,25)/b21-11+. The fourth-order valence-electron chi connectivity index (χ4n) is 2.66. The van der Waals surface area contributed by atoms with Gasteiger partial charge in [-0.25, -0.2) is 5.43 Å². The van der Waals surface area contributed by atoms with Crippen LogP contribution in [0.3, 0.4) is 0 Å². The zero-order valence-electron chi connectivity index (χ0n) is 15.6. The predicted molar refractivity (Wildman–Crippen MR) is 105 cm³/mol. The first-order valence-electron chi connectivity index (χ1n) is 8.37. The van der Waals surface area contributed by atoms with Gasteiger partial charge < -0.3 is 9.47 Å². The average molecular weight is 395 g/mol. The molecular weight excluding hydrogens is 378 g/mol. The molecule has 0 saturated heterocycles. The Morgan fingerprint density at radius 1 is 1.24 bits per heavy atom. The minimum absolute atomic E-state index is 0.0844. The summed E-state index contributed by atoms with van der Waals surface area (Å²) in [6.07, 6.45) is 2.91. The zero-order chi connectivity index (χ0) is 20.8. The van der Waals surface area contributed by atoms with Gasteiger partial charge in [-0.15, -0.1) is 0 Å². The highest BCUT2D eigenvalue weighted by Crippen LogP contribution is 2.33. The second-order valence-electron chi connectivity index (χ2n) is 5.74. The number of amides is 1. The summed E-state index contributed by atoms with van der Waals surface area (Å²) in [7, 11) is 3.10. The van der Waals surface area contributed by atoms with Gasteiger partial charge in [0.25, 0.3) is 11.6 Å². The smallest absolute Gasteiger partial charge is 0.282 e. The molecule has 1 heterocycles. The third-order valence-electron chi connectivity index (χ3n) is 4.06. The molecule has 0 aliphatic heterocycles. The summed E-state index contributed by atoms with van der Waals surface area (Å²) in [5.74, 6) is 0.505. The van der Waals surface area contributed by atoms with Crippen LogP contribution in [-0.4, -0.2) is 41.5 Å². The van der Waals surface area contributed by atoms with Crippen molar-refractivity contribution >= 4 is 17.8 Å². The number of benzene rings is 2. The number of ether oxygens (including phenoxy) is 2. The van der Waals surface area contributed by atoms with Gasteiger partial charge in [-0.05, 0) is 18.2 Å². The van der Waals surface area contributed by atoms with Crippen molar-refractivity contribution in [3.63, 3.8) is 0 Å². The van der Waals surface area contributed by atoms with E-state index in [1.165, 1.54) is 43.8 Å². The third kappa shape index (κ3) is 4.21. The minimum Gasteiger partial charge on any atom is -0.497 e. The van der Waals surface area contributed by atoms with Crippen molar-refractivity contribution in [2.45, 2.75) is 0 Å². The van der Waals surface area contributed by atoms with E-state index in [1.54, 1.807) is 25.3 Å². The molecule has 2 aromatic carbocycles. The van der Waals surface area contributed by atoms with Crippen molar-refractivity contribution in [3.05, 3.63) is 69.9 Å². The molecule has 0 aliphatic carbocycles. The number of methoxy groups -OCH3 is 2. The fraction of sp³-hybridized carbons (Fsp3) is 0.105. The molecule has 0 atom stereocenters. The molecule has 0 radical (unpaired) electrons. The molecule has 10 nitrogen and oxygen atoms in total. The van der Waals surface area contributed by atoms with E-state index < -0.39 is 10.8 Å². The van der Waals surface area contributed by atoms with Crippen molar-refractivity contribution in [1.29, 1.82) is 0 Å². The maximum atomic E-state index is 12.2. The number of aromatic amines is 1. The van der Waals surface area contributed by atoms with Gasteiger partial charge in [-0.1, -0.05) is 12.1 Å². The Labute approximate surface area is 165 Å². The Morgan fingerprint density at radius 2 is 2.03 bits per heavy atom. The van der Waals surface area contributed by atoms with Gasteiger partial charge in [0.1, 0.15) is 17.1 Å². The van der Waals surface area contributed by atoms with Crippen LogP contribution in [0.5, 0.6) is 11.5 Å². The van der Waals surface area contributed by atoms with Gasteiger partial charge in [-0.3, -0.25) is 20.0 Å². The molecule has 29 heavy (non-hydrogen) atoms. The number of nitrogens with zero attached hydrogens (tertiary/aromatic N) is 3. The molecule has 0 spiro atoms. The highest BCUT2D eigenvalue weighted by atomic mass is 16.6. The number of carbonyl (C=O) groups excluding carboxylic acids is 1. The highest BCUT2D eigenvalue weighted by Gasteiger charge is 2.19. The summed E-state index contributed by atoms with van der Waals surface area (Å²) in [5.41, 5.74) is 3.83. The van der Waals surface area contributed by atoms with Crippen molar-refractivity contribution in [2.24, 2.45) is 5.10 Å². The summed E-state index contributed by atoms with van der Waals surface area (Å²) < 4.78 is 10.6. The van der Waals surface area contributed by atoms with Crippen LogP contribution in [0.2, 0.25) is 0 Å². The number of nitro benzene ring substituents is 1. The monoisotopic (exact) mass is 395 g/mol. The van der Waals surface area contributed by atoms with Gasteiger partial charge in [0.15, 0.2) is 0 Å². The van der Waals surface area contributed by atoms with Gasteiger partial charge in [0.05, 0.1) is 37.2 Å². The van der Waals surface area contributed by atoms with Crippen LogP contribution < -0.4 is 14.9 Å². The van der Waals surface area contributed by atoms with E-state index in [0.717, 1.165) is 5.56 Å². The molecule has 0 bridgehead atoms. The maximum absolute atomic E-state index is 12.2. The lowest BCUT2D eigenvalue weighted by Crippen LogP contribution is -2.18. The second kappa shape index (κ2) is 8.65. The van der Waals surface area contributed by atoms with E-state index >= 15 is 0 Å². The Hall–Kier alpha value is -4.21. The lowest BCUT2D eigenvalue weighted by atomic mass is 10.1. The van der Waals surface area contributed by atoms with Crippen LogP contribution >= 0.6 is 0 Å². The third-order valence-corrected chi connectivity index (χ3v) is 4.06. The van der Waals surface area contributed by atoms with Crippen LogP contribution in [0, 0.1) is 10.1 Å². The Morgan fingerprint density at radius 3 is 2.76 bits per heavy atom.